The fraction of sp³-hybridized carbons (Fsp3) is 0.833. The number of aliphatic hydroxyl groups excluding tert-OH is 1. The third-order valence-corrected chi connectivity index (χ3v) is 5.63. The summed E-state index contributed by atoms with van der Waals surface area (Å²) in [7, 11) is 1.99. The third-order valence-electron chi connectivity index (χ3n) is 5.63. The van der Waals surface area contributed by atoms with E-state index in [4.69, 9.17) is 0 Å². The summed E-state index contributed by atoms with van der Waals surface area (Å²) in [5, 5.41) is 14.0. The summed E-state index contributed by atoms with van der Waals surface area (Å²) in [6.45, 7) is 6.74. The Morgan fingerprint density at radius 2 is 2.00 bits per heavy atom. The van der Waals surface area contributed by atoms with Gasteiger partial charge in [0.15, 0.2) is 0 Å². The molecule has 2 aliphatic rings. The molecule has 1 saturated carbocycles. The maximum atomic E-state index is 9.50. The first kappa shape index (κ1) is 16.9. The van der Waals surface area contributed by atoms with Gasteiger partial charge in [0.05, 0.1) is 5.69 Å². The van der Waals surface area contributed by atoms with Crippen LogP contribution in [0.15, 0.2) is 6.20 Å². The Bertz CT molecular complexity index is 495. The van der Waals surface area contributed by atoms with Gasteiger partial charge < -0.3 is 5.11 Å². The molecule has 1 aromatic rings. The van der Waals surface area contributed by atoms with Crippen molar-refractivity contribution in [1.29, 1.82) is 0 Å². The van der Waals surface area contributed by atoms with Crippen LogP contribution in [-0.2, 0) is 13.6 Å². The first-order chi connectivity index (χ1) is 11.2. The number of aromatic nitrogens is 2. The standard InChI is InChI=1S/C18H32N4O/c1-15-16(12-20(2)19-15)13-21-9-10-22(18(14-21)8-11-23)17-6-4-3-5-7-17/h12,17-18,23H,3-11,13-14H2,1-2H3/t18-/m0/s1. The molecule has 1 N–H and O–H groups in total. The van der Waals surface area contributed by atoms with Crippen LogP contribution in [0.3, 0.4) is 0 Å². The van der Waals surface area contributed by atoms with Gasteiger partial charge in [0.1, 0.15) is 0 Å². The second-order valence-electron chi connectivity index (χ2n) is 7.34. The summed E-state index contributed by atoms with van der Waals surface area (Å²) in [6, 6.07) is 1.26. The third kappa shape index (κ3) is 4.14. The molecule has 1 aromatic heterocycles. The Kier molecular flexibility index (Phi) is 5.72. The van der Waals surface area contributed by atoms with Gasteiger partial charge in [0, 0.05) is 63.7 Å². The van der Waals surface area contributed by atoms with Crippen LogP contribution in [-0.4, -0.2) is 63.0 Å². The summed E-state index contributed by atoms with van der Waals surface area (Å²) >= 11 is 0. The predicted molar refractivity (Wildman–Crippen MR) is 92.3 cm³/mol. The molecule has 1 atom stereocenters. The van der Waals surface area contributed by atoms with E-state index in [1.807, 2.05) is 11.7 Å². The summed E-state index contributed by atoms with van der Waals surface area (Å²) in [5.74, 6) is 0. The smallest absolute Gasteiger partial charge is 0.0638 e. The highest BCUT2D eigenvalue weighted by Crippen LogP contribution is 2.27. The number of aliphatic hydroxyl groups is 1. The van der Waals surface area contributed by atoms with Crippen molar-refractivity contribution in [1.82, 2.24) is 19.6 Å². The molecule has 2 heterocycles. The molecule has 1 aliphatic carbocycles. The molecule has 130 valence electrons. The molecule has 0 bridgehead atoms. The van der Waals surface area contributed by atoms with Crippen molar-refractivity contribution >= 4 is 0 Å². The molecule has 3 rings (SSSR count). The number of rotatable bonds is 5. The van der Waals surface area contributed by atoms with E-state index >= 15 is 0 Å². The maximum Gasteiger partial charge on any atom is 0.0638 e. The minimum absolute atomic E-state index is 0.299. The lowest BCUT2D eigenvalue weighted by molar-refractivity contribution is 0.0136. The van der Waals surface area contributed by atoms with Crippen molar-refractivity contribution < 1.29 is 5.11 Å². The van der Waals surface area contributed by atoms with Crippen LogP contribution < -0.4 is 0 Å². The van der Waals surface area contributed by atoms with Gasteiger partial charge in [0.2, 0.25) is 0 Å². The second-order valence-corrected chi connectivity index (χ2v) is 7.34. The molecule has 1 saturated heterocycles. The predicted octanol–water partition coefficient (Wildman–Crippen LogP) is 1.93. The molecule has 0 radical (unpaired) electrons. The van der Waals surface area contributed by atoms with Crippen LogP contribution in [0.4, 0.5) is 0 Å². The zero-order chi connectivity index (χ0) is 16.2. The largest absolute Gasteiger partial charge is 0.396 e. The average Bonchev–Trinajstić information content (AvgIpc) is 2.86. The van der Waals surface area contributed by atoms with Crippen molar-refractivity contribution in [2.24, 2.45) is 7.05 Å². The topological polar surface area (TPSA) is 44.5 Å². The van der Waals surface area contributed by atoms with E-state index in [-0.39, 0.29) is 0 Å². The van der Waals surface area contributed by atoms with Crippen LogP contribution in [0.5, 0.6) is 0 Å². The van der Waals surface area contributed by atoms with E-state index in [0.717, 1.165) is 44.3 Å². The molecule has 0 unspecified atom stereocenters. The van der Waals surface area contributed by atoms with Gasteiger partial charge in [-0.15, -0.1) is 0 Å². The number of hydrogen-bond donors (Lipinski definition) is 1. The maximum absolute atomic E-state index is 9.50. The number of hydrogen-bond acceptors (Lipinski definition) is 4. The van der Waals surface area contributed by atoms with E-state index in [1.54, 1.807) is 0 Å². The lowest BCUT2D eigenvalue weighted by Crippen LogP contribution is -2.56. The molecule has 23 heavy (non-hydrogen) atoms. The van der Waals surface area contributed by atoms with Gasteiger partial charge >= 0.3 is 0 Å². The highest BCUT2D eigenvalue weighted by molar-refractivity contribution is 5.15. The van der Waals surface area contributed by atoms with Gasteiger partial charge in [-0.05, 0) is 26.2 Å². The molecule has 0 spiro atoms. The molecule has 2 fully saturated rings. The lowest BCUT2D eigenvalue weighted by Gasteiger charge is -2.46. The van der Waals surface area contributed by atoms with Crippen LogP contribution in [0.1, 0.15) is 49.8 Å². The van der Waals surface area contributed by atoms with Gasteiger partial charge in [0.25, 0.3) is 0 Å². The van der Waals surface area contributed by atoms with Crippen LogP contribution in [0, 0.1) is 6.92 Å². The number of nitrogens with zero attached hydrogens (tertiary/aromatic N) is 4. The highest BCUT2D eigenvalue weighted by Gasteiger charge is 2.32. The molecule has 1 aliphatic heterocycles. The van der Waals surface area contributed by atoms with Gasteiger partial charge in [-0.1, -0.05) is 19.3 Å². The first-order valence-corrected chi connectivity index (χ1v) is 9.25. The van der Waals surface area contributed by atoms with Crippen molar-refractivity contribution in [2.75, 3.05) is 26.2 Å². The molecular weight excluding hydrogens is 288 g/mol. The van der Waals surface area contributed by atoms with E-state index in [9.17, 15) is 5.11 Å². The lowest BCUT2D eigenvalue weighted by atomic mass is 9.91. The SMILES string of the molecule is Cc1nn(C)cc1CN1CCN(C2CCCCC2)[C@@H](CCO)C1. The Morgan fingerprint density at radius 1 is 1.22 bits per heavy atom. The fourth-order valence-corrected chi connectivity index (χ4v) is 4.42. The molecule has 5 heteroatoms. The average molecular weight is 320 g/mol. The summed E-state index contributed by atoms with van der Waals surface area (Å²) in [5.41, 5.74) is 2.47. The van der Waals surface area contributed by atoms with E-state index < -0.39 is 0 Å². The van der Waals surface area contributed by atoms with Crippen molar-refractivity contribution in [2.45, 2.75) is 64.1 Å². The minimum atomic E-state index is 0.299. The second kappa shape index (κ2) is 7.77. The highest BCUT2D eigenvalue weighted by atomic mass is 16.3. The monoisotopic (exact) mass is 320 g/mol. The zero-order valence-electron chi connectivity index (χ0n) is 14.7. The molecular formula is C18H32N4O. The van der Waals surface area contributed by atoms with Gasteiger partial charge in [-0.3, -0.25) is 14.5 Å². The van der Waals surface area contributed by atoms with E-state index in [2.05, 4.69) is 28.0 Å². The molecule has 0 aromatic carbocycles. The van der Waals surface area contributed by atoms with Crippen LogP contribution >= 0.6 is 0 Å². The Balaban J connectivity index is 1.62. The molecule has 0 amide bonds. The van der Waals surface area contributed by atoms with Gasteiger partial charge in [-0.25, -0.2) is 0 Å². The normalized spacial score (nSPS) is 25.1. The van der Waals surface area contributed by atoms with Crippen molar-refractivity contribution in [3.63, 3.8) is 0 Å². The Morgan fingerprint density at radius 3 is 2.65 bits per heavy atom. The Labute approximate surface area is 140 Å². The van der Waals surface area contributed by atoms with E-state index in [0.29, 0.717) is 12.6 Å². The van der Waals surface area contributed by atoms with Crippen molar-refractivity contribution in [3.8, 4) is 0 Å². The summed E-state index contributed by atoms with van der Waals surface area (Å²) in [4.78, 5) is 5.26. The Hall–Kier alpha value is -0.910. The summed E-state index contributed by atoms with van der Waals surface area (Å²) in [6.07, 6.45) is 9.91. The molecule has 5 nitrogen and oxygen atoms in total. The van der Waals surface area contributed by atoms with Crippen LogP contribution in [0.25, 0.3) is 0 Å². The van der Waals surface area contributed by atoms with Crippen molar-refractivity contribution in [3.05, 3.63) is 17.5 Å². The number of piperazine rings is 1. The van der Waals surface area contributed by atoms with E-state index in [1.165, 1.54) is 37.7 Å². The zero-order valence-corrected chi connectivity index (χ0v) is 14.7. The quantitative estimate of drug-likeness (QED) is 0.900. The van der Waals surface area contributed by atoms with Crippen LogP contribution in [0.2, 0.25) is 0 Å². The first-order valence-electron chi connectivity index (χ1n) is 9.25. The van der Waals surface area contributed by atoms with Gasteiger partial charge in [-0.2, -0.15) is 5.10 Å². The fourth-order valence-electron chi connectivity index (χ4n) is 4.42. The minimum Gasteiger partial charge on any atom is -0.396 e. The summed E-state index contributed by atoms with van der Waals surface area (Å²) < 4.78 is 1.91. The number of aryl methyl sites for hydroxylation is 2.